The van der Waals surface area contributed by atoms with Crippen LogP contribution in [0.5, 0.6) is 0 Å². The summed E-state index contributed by atoms with van der Waals surface area (Å²) in [6.45, 7) is 3.61. The summed E-state index contributed by atoms with van der Waals surface area (Å²) in [7, 11) is 3.36. The van der Waals surface area contributed by atoms with E-state index in [2.05, 4.69) is 16.0 Å². The fourth-order valence-electron chi connectivity index (χ4n) is 1.62. The Kier molecular flexibility index (Phi) is 6.96. The van der Waals surface area contributed by atoms with Crippen LogP contribution in [0.4, 0.5) is 0 Å². The fourth-order valence-corrected chi connectivity index (χ4v) is 1.62. The zero-order valence-electron chi connectivity index (χ0n) is 10.9. The molecule has 0 saturated heterocycles. The molecule has 1 aromatic heterocycles. The number of hydrogen-bond acceptors (Lipinski definition) is 5. The summed E-state index contributed by atoms with van der Waals surface area (Å²) < 4.78 is 10.2. The average molecular weight is 249 g/mol. The first-order valence-corrected chi connectivity index (χ1v) is 5.86. The van der Waals surface area contributed by atoms with Gasteiger partial charge in [0.2, 0.25) is 0 Å². The van der Waals surface area contributed by atoms with Gasteiger partial charge in [0.25, 0.3) is 0 Å². The number of pyridine rings is 1. The number of nitriles is 1. The second-order valence-corrected chi connectivity index (χ2v) is 3.88. The highest BCUT2D eigenvalue weighted by Crippen LogP contribution is 2.08. The highest BCUT2D eigenvalue weighted by Gasteiger charge is 2.09. The lowest BCUT2D eigenvalue weighted by Gasteiger charge is -2.21. The van der Waals surface area contributed by atoms with Crippen molar-refractivity contribution in [3.8, 4) is 6.07 Å². The first kappa shape index (κ1) is 14.6. The predicted molar refractivity (Wildman–Crippen MR) is 68.0 cm³/mol. The molecule has 0 aliphatic heterocycles. The van der Waals surface area contributed by atoms with Crippen molar-refractivity contribution in [3.05, 3.63) is 29.6 Å². The summed E-state index contributed by atoms with van der Waals surface area (Å²) in [5, 5.41) is 9.00. The van der Waals surface area contributed by atoms with Gasteiger partial charge < -0.3 is 9.47 Å². The van der Waals surface area contributed by atoms with E-state index in [1.165, 1.54) is 0 Å². The van der Waals surface area contributed by atoms with E-state index >= 15 is 0 Å². The Morgan fingerprint density at radius 3 is 2.50 bits per heavy atom. The molecule has 0 spiro atoms. The lowest BCUT2D eigenvalue weighted by molar-refractivity contribution is 0.110. The molecule has 0 aromatic carbocycles. The average Bonchev–Trinajstić information content (AvgIpc) is 2.42. The van der Waals surface area contributed by atoms with Gasteiger partial charge >= 0.3 is 0 Å². The van der Waals surface area contributed by atoms with E-state index in [9.17, 15) is 0 Å². The molecule has 0 atom stereocenters. The zero-order chi connectivity index (χ0) is 13.2. The van der Waals surface area contributed by atoms with E-state index in [4.69, 9.17) is 14.7 Å². The van der Waals surface area contributed by atoms with Crippen molar-refractivity contribution in [2.45, 2.75) is 6.54 Å². The van der Waals surface area contributed by atoms with Gasteiger partial charge in [0, 0.05) is 45.6 Å². The first-order valence-electron chi connectivity index (χ1n) is 5.86. The van der Waals surface area contributed by atoms with Crippen LogP contribution >= 0.6 is 0 Å². The first-order chi connectivity index (χ1) is 8.81. The lowest BCUT2D eigenvalue weighted by atomic mass is 10.2. The van der Waals surface area contributed by atoms with Gasteiger partial charge in [-0.2, -0.15) is 5.26 Å². The molecule has 1 heterocycles. The SMILES string of the molecule is COCCN(CCOC)Cc1cccnc1C#N. The number of rotatable bonds is 8. The van der Waals surface area contributed by atoms with Crippen molar-refractivity contribution in [1.82, 2.24) is 9.88 Å². The number of nitrogens with zero attached hydrogens (tertiary/aromatic N) is 3. The van der Waals surface area contributed by atoms with Crippen molar-refractivity contribution in [2.24, 2.45) is 0 Å². The number of hydrogen-bond donors (Lipinski definition) is 0. The summed E-state index contributed by atoms with van der Waals surface area (Å²) in [5.74, 6) is 0. The molecule has 0 fully saturated rings. The maximum atomic E-state index is 9.00. The van der Waals surface area contributed by atoms with Gasteiger partial charge in [-0.15, -0.1) is 0 Å². The normalized spacial score (nSPS) is 10.6. The molecule has 0 amide bonds. The van der Waals surface area contributed by atoms with E-state index < -0.39 is 0 Å². The van der Waals surface area contributed by atoms with Gasteiger partial charge in [-0.25, -0.2) is 4.98 Å². The van der Waals surface area contributed by atoms with E-state index in [1.54, 1.807) is 20.4 Å². The topological polar surface area (TPSA) is 58.4 Å². The molecule has 0 unspecified atom stereocenters. The minimum absolute atomic E-state index is 0.484. The molecule has 0 radical (unpaired) electrons. The summed E-state index contributed by atoms with van der Waals surface area (Å²) in [6, 6.07) is 5.89. The van der Waals surface area contributed by atoms with Gasteiger partial charge in [0.15, 0.2) is 0 Å². The van der Waals surface area contributed by atoms with Crippen LogP contribution in [0.25, 0.3) is 0 Å². The molecular weight excluding hydrogens is 230 g/mol. The molecule has 5 heteroatoms. The molecule has 1 aromatic rings. The summed E-state index contributed by atoms with van der Waals surface area (Å²) >= 11 is 0. The van der Waals surface area contributed by atoms with Crippen LogP contribution in [0.3, 0.4) is 0 Å². The van der Waals surface area contributed by atoms with Gasteiger partial charge in [0.1, 0.15) is 11.8 Å². The Bertz CT molecular complexity index is 382. The molecule has 5 nitrogen and oxygen atoms in total. The highest BCUT2D eigenvalue weighted by atomic mass is 16.5. The molecular formula is C13H19N3O2. The summed E-state index contributed by atoms with van der Waals surface area (Å²) in [4.78, 5) is 6.25. The summed E-state index contributed by atoms with van der Waals surface area (Å²) in [6.07, 6.45) is 1.64. The van der Waals surface area contributed by atoms with Crippen LogP contribution in [0.2, 0.25) is 0 Å². The molecule has 0 aliphatic carbocycles. The van der Waals surface area contributed by atoms with E-state index in [0.717, 1.165) is 18.7 Å². The second-order valence-electron chi connectivity index (χ2n) is 3.88. The molecule has 0 N–H and O–H groups in total. The predicted octanol–water partition coefficient (Wildman–Crippen LogP) is 1.05. The third-order valence-electron chi connectivity index (χ3n) is 2.61. The maximum absolute atomic E-state index is 9.00. The van der Waals surface area contributed by atoms with Crippen LogP contribution in [-0.2, 0) is 16.0 Å². The van der Waals surface area contributed by atoms with Crippen molar-refractivity contribution in [2.75, 3.05) is 40.5 Å². The smallest absolute Gasteiger partial charge is 0.144 e. The van der Waals surface area contributed by atoms with E-state index in [1.807, 2.05) is 12.1 Å². The molecule has 0 saturated carbocycles. The maximum Gasteiger partial charge on any atom is 0.144 e. The van der Waals surface area contributed by atoms with Crippen LogP contribution in [0, 0.1) is 11.3 Å². The molecule has 0 aliphatic rings. The Hall–Kier alpha value is -1.48. The monoisotopic (exact) mass is 249 g/mol. The van der Waals surface area contributed by atoms with Crippen LogP contribution < -0.4 is 0 Å². The van der Waals surface area contributed by atoms with Crippen molar-refractivity contribution < 1.29 is 9.47 Å². The van der Waals surface area contributed by atoms with Crippen LogP contribution in [-0.4, -0.2) is 50.4 Å². The minimum Gasteiger partial charge on any atom is -0.383 e. The van der Waals surface area contributed by atoms with Crippen molar-refractivity contribution >= 4 is 0 Å². The van der Waals surface area contributed by atoms with Crippen LogP contribution in [0.15, 0.2) is 18.3 Å². The van der Waals surface area contributed by atoms with Gasteiger partial charge in [-0.1, -0.05) is 6.07 Å². The molecule has 1 rings (SSSR count). The Balaban J connectivity index is 2.66. The van der Waals surface area contributed by atoms with E-state index in [0.29, 0.717) is 25.5 Å². The van der Waals surface area contributed by atoms with Crippen LogP contribution in [0.1, 0.15) is 11.3 Å². The van der Waals surface area contributed by atoms with Gasteiger partial charge in [-0.05, 0) is 6.07 Å². The Morgan fingerprint density at radius 1 is 1.28 bits per heavy atom. The Morgan fingerprint density at radius 2 is 1.94 bits per heavy atom. The fraction of sp³-hybridized carbons (Fsp3) is 0.538. The minimum atomic E-state index is 0.484. The molecule has 98 valence electrons. The number of methoxy groups -OCH3 is 2. The number of aromatic nitrogens is 1. The quantitative estimate of drug-likeness (QED) is 0.689. The highest BCUT2D eigenvalue weighted by molar-refractivity contribution is 5.30. The van der Waals surface area contributed by atoms with Gasteiger partial charge in [0.05, 0.1) is 13.2 Å². The largest absolute Gasteiger partial charge is 0.383 e. The lowest BCUT2D eigenvalue weighted by Crippen LogP contribution is -2.30. The third-order valence-corrected chi connectivity index (χ3v) is 2.61. The Labute approximate surface area is 108 Å². The van der Waals surface area contributed by atoms with Crippen molar-refractivity contribution in [3.63, 3.8) is 0 Å². The van der Waals surface area contributed by atoms with E-state index in [-0.39, 0.29) is 0 Å². The molecule has 18 heavy (non-hydrogen) atoms. The number of ether oxygens (including phenoxy) is 2. The molecule has 0 bridgehead atoms. The second kappa shape index (κ2) is 8.59. The standard InChI is InChI=1S/C13H19N3O2/c1-17-8-6-16(7-9-18-2)11-12-4-3-5-15-13(12)10-14/h3-5H,6-9,11H2,1-2H3. The zero-order valence-corrected chi connectivity index (χ0v) is 10.9. The third kappa shape index (κ3) is 4.80. The van der Waals surface area contributed by atoms with Gasteiger partial charge in [-0.3, -0.25) is 4.90 Å². The summed E-state index contributed by atoms with van der Waals surface area (Å²) in [5.41, 5.74) is 1.42. The van der Waals surface area contributed by atoms with Crippen molar-refractivity contribution in [1.29, 1.82) is 5.26 Å².